The van der Waals surface area contributed by atoms with Crippen molar-refractivity contribution < 1.29 is 4.79 Å². The summed E-state index contributed by atoms with van der Waals surface area (Å²) in [5, 5.41) is 8.98. The first-order chi connectivity index (χ1) is 11.2. The molecular formula is C19H25N3O. The molecule has 0 aliphatic carbocycles. The molecule has 2 heterocycles. The maximum absolute atomic E-state index is 12.2. The minimum absolute atomic E-state index is 0.364. The molecule has 0 N–H and O–H groups in total. The molecule has 0 atom stereocenters. The van der Waals surface area contributed by atoms with Crippen LogP contribution in [0.3, 0.4) is 0 Å². The van der Waals surface area contributed by atoms with E-state index in [0.717, 1.165) is 57.5 Å². The lowest BCUT2D eigenvalue weighted by molar-refractivity contribution is -0.131. The lowest BCUT2D eigenvalue weighted by Gasteiger charge is -2.32. The van der Waals surface area contributed by atoms with Crippen molar-refractivity contribution in [1.82, 2.24) is 9.80 Å². The van der Waals surface area contributed by atoms with Crippen molar-refractivity contribution in [2.24, 2.45) is 5.92 Å². The van der Waals surface area contributed by atoms with E-state index in [1.54, 1.807) is 0 Å². The average molecular weight is 311 g/mol. The van der Waals surface area contributed by atoms with Gasteiger partial charge >= 0.3 is 0 Å². The highest BCUT2D eigenvalue weighted by Gasteiger charge is 2.25. The molecule has 0 radical (unpaired) electrons. The van der Waals surface area contributed by atoms with E-state index >= 15 is 0 Å². The van der Waals surface area contributed by atoms with Crippen LogP contribution in [0.2, 0.25) is 0 Å². The van der Waals surface area contributed by atoms with Crippen LogP contribution in [-0.2, 0) is 11.3 Å². The summed E-state index contributed by atoms with van der Waals surface area (Å²) >= 11 is 0. The molecular weight excluding hydrogens is 286 g/mol. The zero-order valence-electron chi connectivity index (χ0n) is 13.7. The Hall–Kier alpha value is -1.86. The summed E-state index contributed by atoms with van der Waals surface area (Å²) in [6.45, 7) is 4.94. The van der Waals surface area contributed by atoms with Crippen LogP contribution in [0.4, 0.5) is 0 Å². The van der Waals surface area contributed by atoms with Gasteiger partial charge in [-0.15, -0.1) is 0 Å². The fourth-order valence-corrected chi connectivity index (χ4v) is 3.69. The van der Waals surface area contributed by atoms with E-state index in [2.05, 4.69) is 17.0 Å². The molecule has 0 spiro atoms. The van der Waals surface area contributed by atoms with E-state index in [1.165, 1.54) is 18.4 Å². The summed E-state index contributed by atoms with van der Waals surface area (Å²) in [5.41, 5.74) is 1.93. The zero-order valence-corrected chi connectivity index (χ0v) is 13.7. The van der Waals surface area contributed by atoms with Crippen molar-refractivity contribution in [2.75, 3.05) is 26.2 Å². The van der Waals surface area contributed by atoms with Gasteiger partial charge in [0.15, 0.2) is 0 Å². The van der Waals surface area contributed by atoms with Crippen molar-refractivity contribution in [3.63, 3.8) is 0 Å². The summed E-state index contributed by atoms with van der Waals surface area (Å²) in [4.78, 5) is 16.7. The predicted octanol–water partition coefficient (Wildman–Crippen LogP) is 2.78. The van der Waals surface area contributed by atoms with Crippen LogP contribution in [0.25, 0.3) is 0 Å². The molecule has 3 rings (SSSR count). The average Bonchev–Trinajstić information content (AvgIpc) is 3.11. The van der Waals surface area contributed by atoms with Gasteiger partial charge in [0, 0.05) is 26.1 Å². The van der Waals surface area contributed by atoms with Crippen molar-refractivity contribution >= 4 is 5.91 Å². The molecule has 1 aromatic rings. The molecule has 0 bridgehead atoms. The van der Waals surface area contributed by atoms with Crippen molar-refractivity contribution in [3.8, 4) is 6.07 Å². The fraction of sp³-hybridized carbons (Fsp3) is 0.579. The first-order valence-corrected chi connectivity index (χ1v) is 8.74. The van der Waals surface area contributed by atoms with Crippen molar-refractivity contribution in [2.45, 2.75) is 38.6 Å². The maximum Gasteiger partial charge on any atom is 0.222 e. The standard InChI is InChI=1S/C19H25N3O/c20-14-17-4-3-5-18(12-17)15-21-10-6-16(7-11-21)13-19(23)22-8-1-2-9-22/h3-5,12,16H,1-2,6-11,13,15H2. The minimum Gasteiger partial charge on any atom is -0.343 e. The molecule has 0 unspecified atom stereocenters. The monoisotopic (exact) mass is 311 g/mol. The normalized spacial score (nSPS) is 19.7. The van der Waals surface area contributed by atoms with Gasteiger partial charge in [-0.3, -0.25) is 9.69 Å². The van der Waals surface area contributed by atoms with Crippen LogP contribution >= 0.6 is 0 Å². The summed E-state index contributed by atoms with van der Waals surface area (Å²) in [6.07, 6.45) is 5.30. The van der Waals surface area contributed by atoms with Gasteiger partial charge < -0.3 is 4.90 Å². The highest BCUT2D eigenvalue weighted by atomic mass is 16.2. The van der Waals surface area contributed by atoms with E-state index in [0.29, 0.717) is 11.8 Å². The molecule has 4 nitrogen and oxygen atoms in total. The fourth-order valence-electron chi connectivity index (χ4n) is 3.69. The second-order valence-corrected chi connectivity index (χ2v) is 6.82. The quantitative estimate of drug-likeness (QED) is 0.859. The van der Waals surface area contributed by atoms with Gasteiger partial charge in [-0.2, -0.15) is 5.26 Å². The molecule has 2 aliphatic rings. The molecule has 23 heavy (non-hydrogen) atoms. The molecule has 1 aromatic carbocycles. The molecule has 2 fully saturated rings. The van der Waals surface area contributed by atoms with Crippen LogP contribution < -0.4 is 0 Å². The van der Waals surface area contributed by atoms with E-state index in [1.807, 2.05) is 23.1 Å². The van der Waals surface area contributed by atoms with Gasteiger partial charge in [0.05, 0.1) is 11.6 Å². The number of piperidine rings is 1. The lowest BCUT2D eigenvalue weighted by atomic mass is 9.92. The third kappa shape index (κ3) is 4.33. The van der Waals surface area contributed by atoms with Gasteiger partial charge in [0.2, 0.25) is 5.91 Å². The summed E-state index contributed by atoms with van der Waals surface area (Å²) in [5.74, 6) is 0.910. The number of benzene rings is 1. The second-order valence-electron chi connectivity index (χ2n) is 6.82. The zero-order chi connectivity index (χ0) is 16.1. The van der Waals surface area contributed by atoms with E-state index in [-0.39, 0.29) is 0 Å². The van der Waals surface area contributed by atoms with Gasteiger partial charge in [-0.1, -0.05) is 12.1 Å². The number of likely N-dealkylation sites (tertiary alicyclic amines) is 2. The number of hydrogen-bond donors (Lipinski definition) is 0. The number of carbonyl (C=O) groups excluding carboxylic acids is 1. The number of rotatable bonds is 4. The highest BCUT2D eigenvalue weighted by Crippen LogP contribution is 2.23. The van der Waals surface area contributed by atoms with Crippen molar-refractivity contribution in [1.29, 1.82) is 5.26 Å². The van der Waals surface area contributed by atoms with E-state index in [9.17, 15) is 4.79 Å². The Morgan fingerprint density at radius 1 is 1.17 bits per heavy atom. The Bertz CT molecular complexity index is 579. The van der Waals surface area contributed by atoms with Gasteiger partial charge in [-0.05, 0) is 62.4 Å². The lowest BCUT2D eigenvalue weighted by Crippen LogP contribution is -2.36. The Morgan fingerprint density at radius 2 is 1.91 bits per heavy atom. The topological polar surface area (TPSA) is 47.3 Å². The van der Waals surface area contributed by atoms with E-state index < -0.39 is 0 Å². The Morgan fingerprint density at radius 3 is 2.61 bits per heavy atom. The van der Waals surface area contributed by atoms with Crippen LogP contribution in [0, 0.1) is 17.2 Å². The summed E-state index contributed by atoms with van der Waals surface area (Å²) in [6, 6.07) is 10.1. The minimum atomic E-state index is 0.364. The van der Waals surface area contributed by atoms with Crippen LogP contribution in [0.5, 0.6) is 0 Å². The van der Waals surface area contributed by atoms with Crippen LogP contribution in [0.1, 0.15) is 43.2 Å². The van der Waals surface area contributed by atoms with Gasteiger partial charge in [0.1, 0.15) is 0 Å². The van der Waals surface area contributed by atoms with Crippen molar-refractivity contribution in [3.05, 3.63) is 35.4 Å². The van der Waals surface area contributed by atoms with Gasteiger partial charge in [-0.25, -0.2) is 0 Å². The first-order valence-electron chi connectivity index (χ1n) is 8.74. The molecule has 1 amide bonds. The predicted molar refractivity (Wildman–Crippen MR) is 89.6 cm³/mol. The third-order valence-electron chi connectivity index (χ3n) is 5.09. The molecule has 122 valence electrons. The second kappa shape index (κ2) is 7.61. The number of nitrogens with zero attached hydrogens (tertiary/aromatic N) is 3. The number of amides is 1. The first kappa shape index (κ1) is 16.0. The maximum atomic E-state index is 12.2. The molecule has 0 saturated carbocycles. The molecule has 4 heteroatoms. The van der Waals surface area contributed by atoms with E-state index in [4.69, 9.17) is 5.26 Å². The summed E-state index contributed by atoms with van der Waals surface area (Å²) < 4.78 is 0. The SMILES string of the molecule is N#Cc1cccc(CN2CCC(CC(=O)N3CCCC3)CC2)c1. The molecule has 2 saturated heterocycles. The Kier molecular flexibility index (Phi) is 5.30. The smallest absolute Gasteiger partial charge is 0.222 e. The Balaban J connectivity index is 1.44. The number of nitriles is 1. The Labute approximate surface area is 138 Å². The highest BCUT2D eigenvalue weighted by molar-refractivity contribution is 5.76. The van der Waals surface area contributed by atoms with Crippen LogP contribution in [-0.4, -0.2) is 41.9 Å². The van der Waals surface area contributed by atoms with Crippen LogP contribution in [0.15, 0.2) is 24.3 Å². The third-order valence-corrected chi connectivity index (χ3v) is 5.09. The summed E-state index contributed by atoms with van der Waals surface area (Å²) in [7, 11) is 0. The largest absolute Gasteiger partial charge is 0.343 e. The molecule has 0 aromatic heterocycles. The number of carbonyl (C=O) groups is 1. The number of hydrogen-bond acceptors (Lipinski definition) is 3. The van der Waals surface area contributed by atoms with Gasteiger partial charge in [0.25, 0.3) is 0 Å². The molecule has 2 aliphatic heterocycles.